The first kappa shape index (κ1) is 43.4. The van der Waals surface area contributed by atoms with E-state index in [2.05, 4.69) is 33.8 Å². The first-order chi connectivity index (χ1) is 21.2. The minimum atomic E-state index is 0.120. The Morgan fingerprint density at radius 1 is 0.864 bits per heavy atom. The lowest BCUT2D eigenvalue weighted by Gasteiger charge is -2.16. The highest BCUT2D eigenvalue weighted by Crippen LogP contribution is 2.22. The summed E-state index contributed by atoms with van der Waals surface area (Å²) in [6.45, 7) is 1.82. The molecule has 2 aromatic carbocycles. The van der Waals surface area contributed by atoms with Crippen molar-refractivity contribution in [3.8, 4) is 0 Å². The van der Waals surface area contributed by atoms with E-state index in [0.29, 0.717) is 0 Å². The van der Waals surface area contributed by atoms with Crippen LogP contribution in [0.2, 0.25) is 0 Å². The molecule has 12 nitrogen and oxygen atoms in total. The lowest BCUT2D eigenvalue weighted by Crippen LogP contribution is -3.10. The summed E-state index contributed by atoms with van der Waals surface area (Å²) < 4.78 is 3.72. The monoisotopic (exact) mass is 694 g/mol. The predicted octanol–water partition coefficient (Wildman–Crippen LogP) is 3.08. The van der Waals surface area contributed by atoms with E-state index in [1.165, 1.54) is 17.7 Å². The number of alkyl halides is 2. The van der Waals surface area contributed by atoms with Crippen molar-refractivity contribution in [1.82, 2.24) is 9.47 Å². The largest absolute Gasteiger partial charge is 0.397 e. The molecule has 2 atom stereocenters. The van der Waals surface area contributed by atoms with Gasteiger partial charge in [0.15, 0.2) is 0 Å². The van der Waals surface area contributed by atoms with E-state index in [4.69, 9.17) is 33.4 Å². The summed E-state index contributed by atoms with van der Waals surface area (Å²) in [6.07, 6.45) is 10.9. The highest BCUT2D eigenvalue weighted by atomic mass is 35.5. The number of nitrogens with zero attached hydrogens (tertiary/aromatic N) is 3. The molecule has 0 fully saturated rings. The zero-order valence-corrected chi connectivity index (χ0v) is 29.6. The maximum absolute atomic E-state index is 6.00. The summed E-state index contributed by atoms with van der Waals surface area (Å²) in [5.74, 6) is 2.84. The van der Waals surface area contributed by atoms with E-state index >= 15 is 0 Å². The molecule has 0 saturated heterocycles. The second-order valence-electron chi connectivity index (χ2n) is 8.72. The molecule has 4 rings (SSSR count). The molecule has 16 heteroatoms. The Morgan fingerprint density at radius 3 is 1.55 bits per heavy atom. The molecule has 13 N–H and O–H groups in total. The highest BCUT2D eigenvalue weighted by molar-refractivity contribution is 8.76. The van der Waals surface area contributed by atoms with Crippen molar-refractivity contribution >= 4 is 73.5 Å². The fourth-order valence-corrected chi connectivity index (χ4v) is 5.05. The fourth-order valence-electron chi connectivity index (χ4n) is 3.24. The van der Waals surface area contributed by atoms with Crippen LogP contribution in [0, 0.1) is 0 Å². The van der Waals surface area contributed by atoms with E-state index in [9.17, 15) is 0 Å². The number of hydrogen-bond donors (Lipinski definition) is 9. The van der Waals surface area contributed by atoms with E-state index in [1.807, 2.05) is 137 Å². The van der Waals surface area contributed by atoms with Gasteiger partial charge in [0.2, 0.25) is 6.29 Å². The summed E-state index contributed by atoms with van der Waals surface area (Å²) in [5, 5.41) is 18.7. The standard InChI is InChI=1S/C16H22N4S2.C5H11N3.C5H9N3.2CH3Cl.H2O2/c17-13-5-1-3-7-15(13)19-9-11-21-22-12-10-20-16-8-4-2-6-14(16)18;2*1-7-3-4-8(2)5(7)6;3*1-2/h1-8,19-20H,9-12,17-18H2;3-5H,6H2,1-2H3;3-4,6H,1-2H3;2*1H3;1-2H/p+2. The molecule has 1 aromatic heterocycles. The van der Waals surface area contributed by atoms with Crippen molar-refractivity contribution in [3.05, 3.63) is 73.3 Å². The van der Waals surface area contributed by atoms with Crippen molar-refractivity contribution in [2.45, 2.75) is 6.29 Å². The van der Waals surface area contributed by atoms with Crippen LogP contribution in [0.15, 0.2) is 73.3 Å². The third kappa shape index (κ3) is 18.2. The van der Waals surface area contributed by atoms with Crippen LogP contribution in [0.3, 0.4) is 0 Å². The van der Waals surface area contributed by atoms with Crippen LogP contribution < -0.4 is 43.0 Å². The summed E-state index contributed by atoms with van der Waals surface area (Å²) >= 11 is 9.28. The Hall–Kier alpha value is -2.69. The summed E-state index contributed by atoms with van der Waals surface area (Å²) in [4.78, 5) is 3.21. The molecule has 3 aromatic rings. The number of anilines is 5. The molecule has 1 aliphatic rings. The Morgan fingerprint density at radius 2 is 1.30 bits per heavy atom. The zero-order chi connectivity index (χ0) is 33.9. The summed E-state index contributed by atoms with van der Waals surface area (Å²) in [5.41, 5.74) is 26.5. The molecule has 0 amide bonds. The number of imidazole rings is 1. The van der Waals surface area contributed by atoms with Crippen LogP contribution in [-0.2, 0) is 14.1 Å². The summed E-state index contributed by atoms with van der Waals surface area (Å²) in [7, 11) is 11.5. The van der Waals surface area contributed by atoms with Gasteiger partial charge >= 0.3 is 5.95 Å². The molecular weight excluding hydrogens is 643 g/mol. The molecule has 250 valence electrons. The van der Waals surface area contributed by atoms with Crippen molar-refractivity contribution in [3.63, 3.8) is 0 Å². The fraction of sp³-hybridized carbons (Fsp3) is 0.393. The molecule has 0 bridgehead atoms. The van der Waals surface area contributed by atoms with Gasteiger partial charge in [-0.25, -0.2) is 9.13 Å². The average Bonchev–Trinajstić information content (AvgIpc) is 3.52. The SMILES string of the molecule is CCl.CCl.CN1C=C[NH+](C)C1N.Cn1cc[n+](C)c1N.Nc1ccccc1NCCSSCCNc1ccccc1N.OO. The molecule has 0 radical (unpaired) electrons. The molecular formula is C28H52Cl2N10O2S2+2. The highest BCUT2D eigenvalue weighted by Gasteiger charge is 2.19. The third-order valence-corrected chi connectivity index (χ3v) is 8.13. The first-order valence-corrected chi connectivity index (χ1v) is 17.3. The van der Waals surface area contributed by atoms with Gasteiger partial charge in [0.25, 0.3) is 0 Å². The van der Waals surface area contributed by atoms with Crippen molar-refractivity contribution in [1.29, 1.82) is 0 Å². The zero-order valence-electron chi connectivity index (χ0n) is 26.5. The molecule has 1 aliphatic heterocycles. The van der Waals surface area contributed by atoms with Gasteiger partial charge in [-0.1, -0.05) is 45.9 Å². The van der Waals surface area contributed by atoms with Gasteiger partial charge in [0.05, 0.1) is 62.5 Å². The number of quaternary nitrogens is 1. The van der Waals surface area contributed by atoms with Crippen molar-refractivity contribution < 1.29 is 20.0 Å². The third-order valence-electron chi connectivity index (χ3n) is 5.72. The van der Waals surface area contributed by atoms with Crippen LogP contribution in [-0.4, -0.2) is 77.7 Å². The lowest BCUT2D eigenvalue weighted by atomic mass is 10.3. The van der Waals surface area contributed by atoms with E-state index in [-0.39, 0.29) is 6.29 Å². The number of aryl methyl sites for hydroxylation is 2. The molecule has 0 spiro atoms. The molecule has 2 unspecified atom stereocenters. The van der Waals surface area contributed by atoms with E-state index in [0.717, 1.165) is 53.3 Å². The maximum Gasteiger partial charge on any atom is 0.354 e. The van der Waals surface area contributed by atoms with Gasteiger partial charge in [0.1, 0.15) is 6.20 Å². The van der Waals surface area contributed by atoms with Crippen LogP contribution in [0.5, 0.6) is 0 Å². The van der Waals surface area contributed by atoms with Gasteiger partial charge in [0, 0.05) is 44.4 Å². The number of halogens is 2. The maximum atomic E-state index is 6.00. The second-order valence-corrected chi connectivity index (χ2v) is 11.4. The number of nitrogens with two attached hydrogens (primary N) is 4. The van der Waals surface area contributed by atoms with E-state index < -0.39 is 0 Å². The number of aromatic nitrogens is 2. The summed E-state index contributed by atoms with van der Waals surface area (Å²) in [6, 6.07) is 15.7. The Balaban J connectivity index is 0. The number of nitrogens with one attached hydrogen (secondary N) is 3. The number of nitrogen functional groups attached to an aromatic ring is 3. The molecule has 0 saturated carbocycles. The van der Waals surface area contributed by atoms with Crippen LogP contribution in [0.25, 0.3) is 0 Å². The minimum Gasteiger partial charge on any atom is -0.397 e. The molecule has 44 heavy (non-hydrogen) atoms. The second kappa shape index (κ2) is 27.8. The van der Waals surface area contributed by atoms with Crippen LogP contribution in [0.1, 0.15) is 0 Å². The number of para-hydroxylation sites is 4. The lowest BCUT2D eigenvalue weighted by molar-refractivity contribution is -0.856. The van der Waals surface area contributed by atoms with Crippen molar-refractivity contribution in [2.24, 2.45) is 19.8 Å². The smallest absolute Gasteiger partial charge is 0.354 e. The number of rotatable bonds is 9. The molecule has 2 heterocycles. The minimum absolute atomic E-state index is 0.120. The van der Waals surface area contributed by atoms with Crippen LogP contribution in [0.4, 0.5) is 28.7 Å². The van der Waals surface area contributed by atoms with Gasteiger partial charge in [-0.2, -0.15) is 0 Å². The average molecular weight is 696 g/mol. The topological polar surface area (TPSA) is 185 Å². The van der Waals surface area contributed by atoms with Crippen LogP contribution >= 0.6 is 44.8 Å². The Kier molecular flexibility index (Phi) is 27.5. The number of benzene rings is 2. The Labute approximate surface area is 280 Å². The quantitative estimate of drug-likeness (QED) is 0.0305. The first-order valence-electron chi connectivity index (χ1n) is 13.3. The Bertz CT molecular complexity index is 1060. The van der Waals surface area contributed by atoms with Gasteiger partial charge in [-0.15, -0.1) is 23.2 Å². The van der Waals surface area contributed by atoms with Crippen molar-refractivity contribution in [2.75, 3.05) is 79.3 Å². The predicted molar refractivity (Wildman–Crippen MR) is 195 cm³/mol. The van der Waals surface area contributed by atoms with E-state index in [1.54, 1.807) is 0 Å². The van der Waals surface area contributed by atoms with Gasteiger partial charge in [-0.05, 0) is 24.3 Å². The number of hydrogen-bond acceptors (Lipinski definition) is 11. The molecule has 0 aliphatic carbocycles. The van der Waals surface area contributed by atoms with Gasteiger partial charge in [-0.3, -0.25) is 26.9 Å². The normalized spacial score (nSPS) is 14.0. The van der Waals surface area contributed by atoms with Gasteiger partial charge < -0.3 is 27.0 Å².